The Morgan fingerprint density at radius 1 is 1.25 bits per heavy atom. The fourth-order valence-electron chi connectivity index (χ4n) is 1.26. The molecule has 3 heteroatoms. The molecule has 1 aromatic rings. The number of halogens is 1. The molecule has 0 bridgehead atoms. The second-order valence-electron chi connectivity index (χ2n) is 5.14. The van der Waals surface area contributed by atoms with E-state index in [0.717, 1.165) is 5.56 Å². The number of benzene rings is 1. The largest absolute Gasteiger partial charge is 0.391 e. The van der Waals surface area contributed by atoms with Gasteiger partial charge in [0.15, 0.2) is 0 Å². The lowest BCUT2D eigenvalue weighted by Crippen LogP contribution is -2.36. The number of aliphatic hydroxyl groups is 1. The van der Waals surface area contributed by atoms with E-state index in [4.69, 9.17) is 0 Å². The summed E-state index contributed by atoms with van der Waals surface area (Å²) in [5, 5.41) is 12.9. The molecule has 90 valence electrons. The third-order valence-electron chi connectivity index (χ3n) is 2.58. The molecule has 0 heterocycles. The lowest BCUT2D eigenvalue weighted by atomic mass is 9.89. The van der Waals surface area contributed by atoms with Crippen LogP contribution in [0.25, 0.3) is 0 Å². The van der Waals surface area contributed by atoms with Crippen LogP contribution in [0.3, 0.4) is 0 Å². The van der Waals surface area contributed by atoms with Crippen LogP contribution < -0.4 is 5.32 Å². The maximum absolute atomic E-state index is 12.6. The van der Waals surface area contributed by atoms with Crippen molar-refractivity contribution in [2.75, 3.05) is 6.54 Å². The minimum absolute atomic E-state index is 0.115. The molecular weight excluding hydrogens is 205 g/mol. The zero-order valence-corrected chi connectivity index (χ0v) is 10.1. The Morgan fingerprint density at radius 3 is 2.31 bits per heavy atom. The second kappa shape index (κ2) is 5.41. The minimum Gasteiger partial charge on any atom is -0.391 e. The lowest BCUT2D eigenvalue weighted by molar-refractivity contribution is 0.0627. The number of nitrogens with one attached hydrogen (secondary N) is 1. The van der Waals surface area contributed by atoms with Crippen LogP contribution in [0.15, 0.2) is 24.3 Å². The average Bonchev–Trinajstić information content (AvgIpc) is 2.19. The van der Waals surface area contributed by atoms with Crippen molar-refractivity contribution in [1.82, 2.24) is 5.32 Å². The summed E-state index contributed by atoms with van der Waals surface area (Å²) in [6.45, 7) is 7.18. The van der Waals surface area contributed by atoms with Crippen LogP contribution in [0.4, 0.5) is 4.39 Å². The van der Waals surface area contributed by atoms with Gasteiger partial charge in [-0.2, -0.15) is 0 Å². The molecule has 0 radical (unpaired) electrons. The Kier molecular flexibility index (Phi) is 4.44. The Labute approximate surface area is 96.5 Å². The van der Waals surface area contributed by atoms with Gasteiger partial charge in [-0.3, -0.25) is 0 Å². The van der Waals surface area contributed by atoms with E-state index in [-0.39, 0.29) is 17.3 Å². The summed E-state index contributed by atoms with van der Waals surface area (Å²) < 4.78 is 12.6. The van der Waals surface area contributed by atoms with E-state index in [2.05, 4.69) is 5.32 Å². The van der Waals surface area contributed by atoms with E-state index in [0.29, 0.717) is 13.1 Å². The predicted octanol–water partition coefficient (Wildman–Crippen LogP) is 2.32. The van der Waals surface area contributed by atoms with Crippen molar-refractivity contribution < 1.29 is 9.50 Å². The zero-order chi connectivity index (χ0) is 12.2. The molecule has 0 aliphatic carbocycles. The Balaban J connectivity index is 2.33. The van der Waals surface area contributed by atoms with Crippen LogP contribution in [-0.4, -0.2) is 17.8 Å². The quantitative estimate of drug-likeness (QED) is 0.824. The fraction of sp³-hybridized carbons (Fsp3) is 0.538. The summed E-state index contributed by atoms with van der Waals surface area (Å²) in [4.78, 5) is 0. The van der Waals surface area contributed by atoms with Gasteiger partial charge in [0.25, 0.3) is 0 Å². The van der Waals surface area contributed by atoms with Gasteiger partial charge in [0, 0.05) is 13.1 Å². The van der Waals surface area contributed by atoms with Crippen molar-refractivity contribution in [2.24, 2.45) is 5.41 Å². The SMILES string of the molecule is CC(C)(C)C(O)CNCc1ccc(F)cc1. The van der Waals surface area contributed by atoms with Crippen molar-refractivity contribution in [3.63, 3.8) is 0 Å². The molecule has 1 rings (SSSR count). The average molecular weight is 225 g/mol. The minimum atomic E-state index is -0.382. The number of aliphatic hydroxyl groups excluding tert-OH is 1. The molecule has 0 spiro atoms. The highest BCUT2D eigenvalue weighted by Gasteiger charge is 2.21. The number of hydrogen-bond acceptors (Lipinski definition) is 2. The molecule has 0 aliphatic rings. The normalized spacial score (nSPS) is 13.8. The van der Waals surface area contributed by atoms with E-state index >= 15 is 0 Å². The summed E-state index contributed by atoms with van der Waals surface area (Å²) >= 11 is 0. The van der Waals surface area contributed by atoms with Gasteiger partial charge in [-0.1, -0.05) is 32.9 Å². The first kappa shape index (κ1) is 13.1. The van der Waals surface area contributed by atoms with Crippen molar-refractivity contribution in [3.05, 3.63) is 35.6 Å². The van der Waals surface area contributed by atoms with Gasteiger partial charge < -0.3 is 10.4 Å². The van der Waals surface area contributed by atoms with E-state index in [1.165, 1.54) is 12.1 Å². The Hall–Kier alpha value is -0.930. The summed E-state index contributed by atoms with van der Waals surface area (Å²) in [6.07, 6.45) is -0.382. The molecule has 0 saturated heterocycles. The van der Waals surface area contributed by atoms with Crippen molar-refractivity contribution in [2.45, 2.75) is 33.4 Å². The molecule has 16 heavy (non-hydrogen) atoms. The Morgan fingerprint density at radius 2 is 1.81 bits per heavy atom. The van der Waals surface area contributed by atoms with Crippen LogP contribution in [0.2, 0.25) is 0 Å². The molecule has 1 aromatic carbocycles. The van der Waals surface area contributed by atoms with Crippen LogP contribution >= 0.6 is 0 Å². The molecule has 2 N–H and O–H groups in total. The standard InChI is InChI=1S/C13H20FNO/c1-13(2,3)12(16)9-15-8-10-4-6-11(14)7-5-10/h4-7,12,15-16H,8-9H2,1-3H3. The zero-order valence-electron chi connectivity index (χ0n) is 10.1. The van der Waals surface area contributed by atoms with E-state index < -0.39 is 0 Å². The monoisotopic (exact) mass is 225 g/mol. The molecule has 1 unspecified atom stereocenters. The first-order chi connectivity index (χ1) is 7.39. The lowest BCUT2D eigenvalue weighted by Gasteiger charge is -2.26. The highest BCUT2D eigenvalue weighted by molar-refractivity contribution is 5.15. The van der Waals surface area contributed by atoms with Gasteiger partial charge in [0.05, 0.1) is 6.10 Å². The van der Waals surface area contributed by atoms with E-state index in [9.17, 15) is 9.50 Å². The third kappa shape index (κ3) is 4.29. The van der Waals surface area contributed by atoms with Crippen LogP contribution in [-0.2, 0) is 6.54 Å². The van der Waals surface area contributed by atoms with Crippen molar-refractivity contribution in [3.8, 4) is 0 Å². The molecule has 0 saturated carbocycles. The molecule has 0 aliphatic heterocycles. The van der Waals surface area contributed by atoms with Gasteiger partial charge in [0.1, 0.15) is 5.82 Å². The fourth-order valence-corrected chi connectivity index (χ4v) is 1.26. The summed E-state index contributed by atoms with van der Waals surface area (Å²) in [7, 11) is 0. The maximum Gasteiger partial charge on any atom is 0.123 e. The van der Waals surface area contributed by atoms with Crippen LogP contribution in [0.1, 0.15) is 26.3 Å². The van der Waals surface area contributed by atoms with Gasteiger partial charge in [-0.25, -0.2) is 4.39 Å². The highest BCUT2D eigenvalue weighted by atomic mass is 19.1. The van der Waals surface area contributed by atoms with E-state index in [1.807, 2.05) is 20.8 Å². The molecule has 1 atom stereocenters. The van der Waals surface area contributed by atoms with E-state index in [1.54, 1.807) is 12.1 Å². The number of rotatable bonds is 4. The summed E-state index contributed by atoms with van der Waals surface area (Å²) in [5.74, 6) is -0.224. The molecule has 0 aromatic heterocycles. The third-order valence-corrected chi connectivity index (χ3v) is 2.58. The van der Waals surface area contributed by atoms with Crippen molar-refractivity contribution in [1.29, 1.82) is 0 Å². The predicted molar refractivity (Wildman–Crippen MR) is 63.6 cm³/mol. The van der Waals surface area contributed by atoms with Gasteiger partial charge >= 0.3 is 0 Å². The molecule has 0 amide bonds. The van der Waals surface area contributed by atoms with Crippen LogP contribution in [0.5, 0.6) is 0 Å². The summed E-state index contributed by atoms with van der Waals surface area (Å²) in [6, 6.07) is 6.37. The summed E-state index contributed by atoms with van der Waals surface area (Å²) in [5.41, 5.74) is 0.901. The molecular formula is C13H20FNO. The maximum atomic E-state index is 12.6. The Bertz CT molecular complexity index is 316. The smallest absolute Gasteiger partial charge is 0.123 e. The van der Waals surface area contributed by atoms with Gasteiger partial charge in [-0.15, -0.1) is 0 Å². The van der Waals surface area contributed by atoms with Crippen molar-refractivity contribution >= 4 is 0 Å². The van der Waals surface area contributed by atoms with Gasteiger partial charge in [-0.05, 0) is 23.1 Å². The van der Waals surface area contributed by atoms with Gasteiger partial charge in [0.2, 0.25) is 0 Å². The topological polar surface area (TPSA) is 32.3 Å². The first-order valence-electron chi connectivity index (χ1n) is 5.53. The first-order valence-corrected chi connectivity index (χ1v) is 5.53. The second-order valence-corrected chi connectivity index (χ2v) is 5.14. The molecule has 0 fully saturated rings. The number of hydrogen-bond donors (Lipinski definition) is 2. The molecule has 2 nitrogen and oxygen atoms in total. The highest BCUT2D eigenvalue weighted by Crippen LogP contribution is 2.18. The van der Waals surface area contributed by atoms with Crippen LogP contribution in [0, 0.1) is 11.2 Å².